The van der Waals surface area contributed by atoms with E-state index in [0.29, 0.717) is 0 Å². The number of aromatic nitrogens is 2. The molecule has 0 radical (unpaired) electrons. The molecule has 0 aliphatic carbocycles. The molecule has 0 atom stereocenters. The summed E-state index contributed by atoms with van der Waals surface area (Å²) in [5, 5.41) is 0. The van der Waals surface area contributed by atoms with Crippen LogP contribution in [0.2, 0.25) is 0 Å². The Morgan fingerprint density at radius 3 is 1.15 bits per heavy atom. The number of aromatic amines is 1. The van der Waals surface area contributed by atoms with Crippen LogP contribution in [0.15, 0.2) is 6.20 Å². The van der Waals surface area contributed by atoms with Crippen LogP contribution >= 0.6 is 0 Å². The average molecular weight is 475 g/mol. The van der Waals surface area contributed by atoms with Crippen molar-refractivity contribution in [2.24, 2.45) is 0 Å². The maximum atomic E-state index is 4.83. The topological polar surface area (TPSA) is 28.7 Å². The summed E-state index contributed by atoms with van der Waals surface area (Å²) in [7, 11) is 0. The summed E-state index contributed by atoms with van der Waals surface area (Å²) in [5.74, 6) is 1.22. The van der Waals surface area contributed by atoms with E-state index in [1.165, 1.54) is 172 Å². The third-order valence-corrected chi connectivity index (χ3v) is 7.49. The van der Waals surface area contributed by atoms with Crippen LogP contribution in [0, 0.1) is 0 Å². The van der Waals surface area contributed by atoms with E-state index < -0.39 is 0 Å². The third-order valence-electron chi connectivity index (χ3n) is 7.49. The van der Waals surface area contributed by atoms with Crippen molar-refractivity contribution in [2.75, 3.05) is 0 Å². The van der Waals surface area contributed by atoms with Crippen molar-refractivity contribution in [3.8, 4) is 0 Å². The van der Waals surface area contributed by atoms with Gasteiger partial charge in [0.25, 0.3) is 0 Å². The molecule has 1 aromatic rings. The van der Waals surface area contributed by atoms with Crippen molar-refractivity contribution in [3.63, 3.8) is 0 Å². The maximum Gasteiger partial charge on any atom is 0.106 e. The molecule has 1 heterocycles. The van der Waals surface area contributed by atoms with E-state index in [1.807, 2.05) is 0 Å². The average Bonchev–Trinajstić information content (AvgIpc) is 3.30. The molecule has 0 aliphatic rings. The molecule has 0 fully saturated rings. The van der Waals surface area contributed by atoms with E-state index >= 15 is 0 Å². The summed E-state index contributed by atoms with van der Waals surface area (Å²) >= 11 is 0. The lowest BCUT2D eigenvalue weighted by Crippen LogP contribution is -1.91. The summed E-state index contributed by atoms with van der Waals surface area (Å²) < 4.78 is 0. The van der Waals surface area contributed by atoms with Crippen LogP contribution in [0.25, 0.3) is 0 Å². The molecular weight excluding hydrogens is 412 g/mol. The summed E-state index contributed by atoms with van der Waals surface area (Å²) in [6, 6.07) is 0. The molecule has 0 unspecified atom stereocenters. The largest absolute Gasteiger partial charge is 0.348 e. The van der Waals surface area contributed by atoms with Crippen LogP contribution in [0.4, 0.5) is 0 Å². The first-order valence-electron chi connectivity index (χ1n) is 15.9. The predicted octanol–water partition coefficient (Wildman–Crippen LogP) is 11.3. The zero-order valence-corrected chi connectivity index (χ0v) is 23.6. The number of H-pyrrole nitrogens is 1. The van der Waals surface area contributed by atoms with Gasteiger partial charge < -0.3 is 4.98 Å². The minimum atomic E-state index is 1.13. The Balaban J connectivity index is 1.81. The van der Waals surface area contributed by atoms with Gasteiger partial charge in [-0.3, -0.25) is 0 Å². The van der Waals surface area contributed by atoms with Crippen molar-refractivity contribution >= 4 is 0 Å². The molecule has 0 spiro atoms. The van der Waals surface area contributed by atoms with Crippen LogP contribution in [0.3, 0.4) is 0 Å². The van der Waals surface area contributed by atoms with Gasteiger partial charge in [0.2, 0.25) is 0 Å². The monoisotopic (exact) mass is 474 g/mol. The molecule has 2 nitrogen and oxygen atoms in total. The highest BCUT2D eigenvalue weighted by Crippen LogP contribution is 2.15. The highest BCUT2D eigenvalue weighted by molar-refractivity contribution is 5.01. The van der Waals surface area contributed by atoms with Gasteiger partial charge in [-0.15, -0.1) is 0 Å². The van der Waals surface area contributed by atoms with Gasteiger partial charge in [-0.25, -0.2) is 4.98 Å². The lowest BCUT2D eigenvalue weighted by Gasteiger charge is -2.03. The molecular formula is C32H62N2. The third kappa shape index (κ3) is 20.6. The molecule has 0 saturated carbocycles. The van der Waals surface area contributed by atoms with E-state index in [1.54, 1.807) is 0 Å². The van der Waals surface area contributed by atoms with Gasteiger partial charge in [0.1, 0.15) is 5.82 Å². The molecule has 34 heavy (non-hydrogen) atoms. The van der Waals surface area contributed by atoms with Gasteiger partial charge in [-0.1, -0.05) is 162 Å². The van der Waals surface area contributed by atoms with Crippen molar-refractivity contribution in [2.45, 2.75) is 187 Å². The first-order valence-corrected chi connectivity index (χ1v) is 15.9. The van der Waals surface area contributed by atoms with E-state index in [4.69, 9.17) is 4.98 Å². The second-order valence-corrected chi connectivity index (χ2v) is 11.0. The van der Waals surface area contributed by atoms with E-state index in [9.17, 15) is 0 Å². The lowest BCUT2D eigenvalue weighted by molar-refractivity contribution is 0.529. The molecule has 0 aromatic carbocycles. The van der Waals surface area contributed by atoms with Crippen molar-refractivity contribution in [1.82, 2.24) is 9.97 Å². The van der Waals surface area contributed by atoms with Gasteiger partial charge in [0, 0.05) is 12.6 Å². The highest BCUT2D eigenvalue weighted by Gasteiger charge is 2.02. The zero-order chi connectivity index (χ0) is 24.4. The van der Waals surface area contributed by atoms with Gasteiger partial charge in [0.05, 0.1) is 5.69 Å². The summed E-state index contributed by atoms with van der Waals surface area (Å²) in [5.41, 5.74) is 1.29. The Labute approximate surface area is 214 Å². The Hall–Kier alpha value is -0.790. The molecule has 0 bridgehead atoms. The SMILES string of the molecule is CCCCCCCCCCCCCCCCCCc1c[nH]c(CCCCCCCCCCC)n1. The van der Waals surface area contributed by atoms with Crippen LogP contribution < -0.4 is 0 Å². The number of hydrogen-bond acceptors (Lipinski definition) is 1. The number of unbranched alkanes of at least 4 members (excludes halogenated alkanes) is 23. The Morgan fingerprint density at radius 2 is 0.765 bits per heavy atom. The van der Waals surface area contributed by atoms with Crippen LogP contribution in [-0.2, 0) is 12.8 Å². The van der Waals surface area contributed by atoms with Crippen molar-refractivity contribution in [1.29, 1.82) is 0 Å². The van der Waals surface area contributed by atoms with Crippen molar-refractivity contribution in [3.05, 3.63) is 17.7 Å². The van der Waals surface area contributed by atoms with Crippen molar-refractivity contribution < 1.29 is 0 Å². The summed E-state index contributed by atoms with van der Waals surface area (Å²) in [6.07, 6.45) is 40.0. The Bertz CT molecular complexity index is 507. The second kappa shape index (κ2) is 25.3. The molecule has 1 aromatic heterocycles. The Morgan fingerprint density at radius 1 is 0.441 bits per heavy atom. The number of hydrogen-bond donors (Lipinski definition) is 1. The van der Waals surface area contributed by atoms with Gasteiger partial charge in [0.15, 0.2) is 0 Å². The number of rotatable bonds is 27. The molecule has 0 amide bonds. The number of nitrogens with one attached hydrogen (secondary N) is 1. The lowest BCUT2D eigenvalue weighted by atomic mass is 10.0. The second-order valence-electron chi connectivity index (χ2n) is 11.0. The Kier molecular flexibility index (Phi) is 23.3. The normalized spacial score (nSPS) is 11.5. The highest BCUT2D eigenvalue weighted by atomic mass is 14.9. The first-order chi connectivity index (χ1) is 16.9. The zero-order valence-electron chi connectivity index (χ0n) is 23.6. The summed E-state index contributed by atoms with van der Waals surface area (Å²) in [6.45, 7) is 4.59. The fourth-order valence-corrected chi connectivity index (χ4v) is 5.12. The number of nitrogens with zero attached hydrogens (tertiary/aromatic N) is 1. The van der Waals surface area contributed by atoms with Crippen LogP contribution in [-0.4, -0.2) is 9.97 Å². The number of aryl methyl sites for hydroxylation is 2. The minimum Gasteiger partial charge on any atom is -0.348 e. The van der Waals surface area contributed by atoms with Gasteiger partial charge in [-0.05, 0) is 19.3 Å². The first kappa shape index (κ1) is 31.2. The minimum absolute atomic E-state index is 1.13. The van der Waals surface area contributed by atoms with E-state index in [0.717, 1.165) is 12.8 Å². The van der Waals surface area contributed by atoms with Crippen LogP contribution in [0.1, 0.15) is 186 Å². The van der Waals surface area contributed by atoms with E-state index in [2.05, 4.69) is 25.0 Å². The standard InChI is InChI=1S/C32H62N2/c1-3-5-7-9-11-13-14-15-16-17-18-19-21-22-24-26-28-31-30-33-32(34-31)29-27-25-23-20-12-10-8-6-4-2/h30H,3-29H2,1-2H3,(H,33,34). The molecule has 0 aliphatic heterocycles. The molecule has 2 heteroatoms. The molecule has 1 N–H and O–H groups in total. The quantitative estimate of drug-likeness (QED) is 0.126. The maximum absolute atomic E-state index is 4.83. The number of imidazole rings is 1. The van der Waals surface area contributed by atoms with Gasteiger partial charge in [-0.2, -0.15) is 0 Å². The van der Waals surface area contributed by atoms with E-state index in [-0.39, 0.29) is 0 Å². The fraction of sp³-hybridized carbons (Fsp3) is 0.906. The smallest absolute Gasteiger partial charge is 0.106 e. The molecule has 1 rings (SSSR count). The van der Waals surface area contributed by atoms with Gasteiger partial charge >= 0.3 is 0 Å². The molecule has 200 valence electrons. The fourth-order valence-electron chi connectivity index (χ4n) is 5.12. The summed E-state index contributed by atoms with van der Waals surface area (Å²) in [4.78, 5) is 8.25. The molecule has 0 saturated heterocycles. The predicted molar refractivity (Wildman–Crippen MR) is 153 cm³/mol. The van der Waals surface area contributed by atoms with Crippen LogP contribution in [0.5, 0.6) is 0 Å².